The minimum Gasteiger partial charge on any atom is -0.504 e. The van der Waals surface area contributed by atoms with E-state index in [9.17, 15) is 9.90 Å². The van der Waals surface area contributed by atoms with Crippen LogP contribution in [0.1, 0.15) is 23.0 Å². The zero-order chi connectivity index (χ0) is 14.0. The highest BCUT2D eigenvalue weighted by Gasteiger charge is 2.20. The summed E-state index contributed by atoms with van der Waals surface area (Å²) in [4.78, 5) is 10.8. The molecular formula is C13H13NO5. The molecule has 2 aromatic rings. The number of hydrogen-bond acceptors (Lipinski definition) is 5. The molecule has 0 bridgehead atoms. The van der Waals surface area contributed by atoms with Gasteiger partial charge in [0.05, 0.1) is 12.7 Å². The van der Waals surface area contributed by atoms with Crippen molar-refractivity contribution in [3.05, 3.63) is 29.5 Å². The van der Waals surface area contributed by atoms with Crippen LogP contribution in [0.3, 0.4) is 0 Å². The summed E-state index contributed by atoms with van der Waals surface area (Å²) >= 11 is 0. The number of carboxylic acid groups (broad SMARTS) is 1. The van der Waals surface area contributed by atoms with Gasteiger partial charge in [-0.25, -0.2) is 4.79 Å². The molecule has 0 radical (unpaired) electrons. The second kappa shape index (κ2) is 5.01. The summed E-state index contributed by atoms with van der Waals surface area (Å²) < 4.78 is 10.0. The van der Waals surface area contributed by atoms with Gasteiger partial charge < -0.3 is 19.5 Å². The van der Waals surface area contributed by atoms with Crippen molar-refractivity contribution < 1.29 is 24.3 Å². The molecule has 0 saturated carbocycles. The fraction of sp³-hybridized carbons (Fsp3) is 0.231. The lowest BCUT2D eigenvalue weighted by Crippen LogP contribution is -1.95. The van der Waals surface area contributed by atoms with E-state index in [-0.39, 0.29) is 17.2 Å². The molecule has 0 saturated heterocycles. The highest BCUT2D eigenvalue weighted by molar-refractivity contribution is 5.87. The van der Waals surface area contributed by atoms with Crippen LogP contribution in [0, 0.1) is 0 Å². The van der Waals surface area contributed by atoms with Gasteiger partial charge in [0.2, 0.25) is 0 Å². The average Bonchev–Trinajstić information content (AvgIpc) is 2.87. The maximum absolute atomic E-state index is 10.8. The first-order chi connectivity index (χ1) is 9.08. The first-order valence-electron chi connectivity index (χ1n) is 5.67. The molecule has 19 heavy (non-hydrogen) atoms. The molecule has 0 aliphatic carbocycles. The number of carbonyl (C=O) groups is 1. The topological polar surface area (TPSA) is 92.8 Å². The van der Waals surface area contributed by atoms with Crippen LogP contribution in [-0.2, 0) is 6.42 Å². The Balaban J connectivity index is 2.61. The summed E-state index contributed by atoms with van der Waals surface area (Å²) in [6.07, 6.45) is 0.649. The van der Waals surface area contributed by atoms with Crippen molar-refractivity contribution in [2.24, 2.45) is 0 Å². The molecule has 0 fully saturated rings. The maximum Gasteiger partial charge on any atom is 0.358 e. The van der Waals surface area contributed by atoms with E-state index in [1.54, 1.807) is 12.1 Å². The molecule has 0 atom stereocenters. The number of hydrogen-bond donors (Lipinski definition) is 2. The fourth-order valence-electron chi connectivity index (χ4n) is 1.84. The lowest BCUT2D eigenvalue weighted by Gasteiger charge is -2.10. The van der Waals surface area contributed by atoms with Gasteiger partial charge >= 0.3 is 5.97 Å². The third-order valence-corrected chi connectivity index (χ3v) is 2.80. The predicted octanol–water partition coefficient (Wildman–Crippen LogP) is 2.32. The smallest absolute Gasteiger partial charge is 0.358 e. The van der Waals surface area contributed by atoms with Gasteiger partial charge in [0, 0.05) is 6.07 Å². The van der Waals surface area contributed by atoms with Gasteiger partial charge in [-0.1, -0.05) is 18.1 Å². The third-order valence-electron chi connectivity index (χ3n) is 2.80. The highest BCUT2D eigenvalue weighted by Crippen LogP contribution is 2.40. The van der Waals surface area contributed by atoms with Crippen molar-refractivity contribution in [1.82, 2.24) is 5.16 Å². The van der Waals surface area contributed by atoms with Gasteiger partial charge in [-0.3, -0.25) is 0 Å². The summed E-state index contributed by atoms with van der Waals surface area (Å²) in [5.74, 6) is -0.781. The molecule has 0 spiro atoms. The number of aromatic hydroxyl groups is 1. The quantitative estimate of drug-likeness (QED) is 0.879. The van der Waals surface area contributed by atoms with E-state index < -0.39 is 5.97 Å². The van der Waals surface area contributed by atoms with Crippen LogP contribution in [0.2, 0.25) is 0 Å². The van der Waals surface area contributed by atoms with Crippen LogP contribution in [0.15, 0.2) is 22.7 Å². The fourth-order valence-corrected chi connectivity index (χ4v) is 1.84. The van der Waals surface area contributed by atoms with Crippen molar-refractivity contribution in [3.8, 4) is 22.8 Å². The molecule has 0 aliphatic rings. The Morgan fingerprint density at radius 2 is 2.21 bits per heavy atom. The van der Waals surface area contributed by atoms with E-state index in [2.05, 4.69) is 5.16 Å². The van der Waals surface area contributed by atoms with Gasteiger partial charge in [-0.15, -0.1) is 0 Å². The lowest BCUT2D eigenvalue weighted by atomic mass is 10.0. The minimum atomic E-state index is -1.18. The van der Waals surface area contributed by atoms with E-state index in [1.165, 1.54) is 13.2 Å². The number of rotatable bonds is 4. The molecule has 0 unspecified atom stereocenters. The number of aryl methyl sites for hydroxylation is 1. The van der Waals surface area contributed by atoms with Crippen molar-refractivity contribution in [1.29, 1.82) is 0 Å². The van der Waals surface area contributed by atoms with Crippen molar-refractivity contribution in [2.45, 2.75) is 13.3 Å². The standard InChI is InChI=1S/C13H13NO5/c1-3-7-4-5-9(18-2)12(15)11(7)10-6-8(13(16)17)14-19-10/h4-6,15H,3H2,1-2H3,(H,16,17). The Morgan fingerprint density at radius 3 is 2.74 bits per heavy atom. The minimum absolute atomic E-state index is 0.0880. The highest BCUT2D eigenvalue weighted by atomic mass is 16.5. The van der Waals surface area contributed by atoms with Gasteiger partial charge in [-0.2, -0.15) is 0 Å². The lowest BCUT2D eigenvalue weighted by molar-refractivity contribution is 0.0686. The van der Waals surface area contributed by atoms with Crippen LogP contribution in [-0.4, -0.2) is 28.4 Å². The third kappa shape index (κ3) is 2.24. The average molecular weight is 263 g/mol. The molecule has 6 nitrogen and oxygen atoms in total. The van der Waals surface area contributed by atoms with Crippen molar-refractivity contribution >= 4 is 5.97 Å². The first kappa shape index (κ1) is 12.9. The number of methoxy groups -OCH3 is 1. The van der Waals surface area contributed by atoms with E-state index in [0.717, 1.165) is 5.56 Å². The Bertz CT molecular complexity index is 617. The second-order valence-electron chi connectivity index (χ2n) is 3.89. The monoisotopic (exact) mass is 263 g/mol. The molecule has 2 rings (SSSR count). The van der Waals surface area contributed by atoms with E-state index in [1.807, 2.05) is 6.92 Å². The molecule has 1 heterocycles. The molecule has 2 N–H and O–H groups in total. The largest absolute Gasteiger partial charge is 0.504 e. The molecular weight excluding hydrogens is 250 g/mol. The molecule has 1 aromatic heterocycles. The van der Waals surface area contributed by atoms with Gasteiger partial charge in [0.15, 0.2) is 23.0 Å². The summed E-state index contributed by atoms with van der Waals surface area (Å²) in [7, 11) is 1.44. The SMILES string of the molecule is CCc1ccc(OC)c(O)c1-c1cc(C(=O)O)no1. The molecule has 0 aliphatic heterocycles. The summed E-state index contributed by atoms with van der Waals surface area (Å²) in [5, 5.41) is 22.4. The zero-order valence-electron chi connectivity index (χ0n) is 10.5. The normalized spacial score (nSPS) is 10.4. The molecule has 1 aromatic carbocycles. The van der Waals surface area contributed by atoms with Gasteiger partial charge in [-0.05, 0) is 18.1 Å². The van der Waals surface area contributed by atoms with Crippen LogP contribution in [0.4, 0.5) is 0 Å². The van der Waals surface area contributed by atoms with E-state index >= 15 is 0 Å². The zero-order valence-corrected chi connectivity index (χ0v) is 10.5. The maximum atomic E-state index is 10.8. The van der Waals surface area contributed by atoms with Crippen molar-refractivity contribution in [3.63, 3.8) is 0 Å². The summed E-state index contributed by atoms with van der Waals surface area (Å²) in [5.41, 5.74) is 1.01. The number of aromatic nitrogens is 1. The first-order valence-corrected chi connectivity index (χ1v) is 5.67. The Morgan fingerprint density at radius 1 is 1.47 bits per heavy atom. The number of phenols is 1. The number of phenolic OH excluding ortho intramolecular Hbond substituents is 1. The van der Waals surface area contributed by atoms with E-state index in [0.29, 0.717) is 17.7 Å². The van der Waals surface area contributed by atoms with Crippen LogP contribution in [0.25, 0.3) is 11.3 Å². The second-order valence-corrected chi connectivity index (χ2v) is 3.89. The van der Waals surface area contributed by atoms with Gasteiger partial charge in [0.25, 0.3) is 0 Å². The number of nitrogens with zero attached hydrogens (tertiary/aromatic N) is 1. The Labute approximate surface area is 109 Å². The van der Waals surface area contributed by atoms with Crippen LogP contribution in [0.5, 0.6) is 11.5 Å². The summed E-state index contributed by atoms with van der Waals surface area (Å²) in [6, 6.07) is 4.71. The Hall–Kier alpha value is -2.50. The van der Waals surface area contributed by atoms with E-state index in [4.69, 9.17) is 14.4 Å². The number of aromatic carboxylic acids is 1. The molecule has 6 heteroatoms. The predicted molar refractivity (Wildman–Crippen MR) is 66.5 cm³/mol. The Kier molecular flexibility index (Phi) is 3.41. The van der Waals surface area contributed by atoms with Crippen LogP contribution >= 0.6 is 0 Å². The number of ether oxygens (including phenoxy) is 1. The molecule has 100 valence electrons. The van der Waals surface area contributed by atoms with Crippen molar-refractivity contribution in [2.75, 3.05) is 7.11 Å². The molecule has 0 amide bonds. The summed E-state index contributed by atoms with van der Waals surface area (Å²) in [6.45, 7) is 1.92. The number of carboxylic acids is 1. The number of benzene rings is 1. The van der Waals surface area contributed by atoms with Crippen LogP contribution < -0.4 is 4.74 Å². The van der Waals surface area contributed by atoms with Gasteiger partial charge in [0.1, 0.15) is 0 Å².